The summed E-state index contributed by atoms with van der Waals surface area (Å²) in [5, 5.41) is 3.34. The van der Waals surface area contributed by atoms with Crippen LogP contribution in [0, 0.1) is 5.92 Å². The molecule has 0 aromatic carbocycles. The molecule has 0 unspecified atom stereocenters. The van der Waals surface area contributed by atoms with E-state index in [0.29, 0.717) is 0 Å². The van der Waals surface area contributed by atoms with Crippen LogP contribution in [-0.4, -0.2) is 25.6 Å². The highest BCUT2D eigenvalue weighted by molar-refractivity contribution is 9.09. The Bertz CT molecular complexity index is 141. The fourth-order valence-corrected chi connectivity index (χ4v) is 2.46. The van der Waals surface area contributed by atoms with E-state index in [9.17, 15) is 0 Å². The SMILES string of the molecule is CC(C)CCCOCCCCCNC[SH](S)S. The lowest BCUT2D eigenvalue weighted by atomic mass is 10.1. The van der Waals surface area contributed by atoms with E-state index >= 15 is 0 Å². The van der Waals surface area contributed by atoms with Gasteiger partial charge >= 0.3 is 0 Å². The molecule has 0 heterocycles. The predicted octanol–water partition coefficient (Wildman–Crippen LogP) is 3.85. The van der Waals surface area contributed by atoms with Gasteiger partial charge in [-0.2, -0.15) is 0 Å². The molecule has 0 spiro atoms. The van der Waals surface area contributed by atoms with Crippen molar-refractivity contribution in [3.05, 3.63) is 0 Å². The molecule has 17 heavy (non-hydrogen) atoms. The van der Waals surface area contributed by atoms with E-state index in [1.54, 1.807) is 0 Å². The Morgan fingerprint density at radius 1 is 1.06 bits per heavy atom. The average Bonchev–Trinajstić information content (AvgIpc) is 2.25. The van der Waals surface area contributed by atoms with Crippen molar-refractivity contribution in [2.75, 3.05) is 25.6 Å². The lowest BCUT2D eigenvalue weighted by Gasteiger charge is -2.09. The standard InChI is InChI=1S/C12H29NOS3/c1-12(2)7-6-10-14-9-5-3-4-8-13-11-17(15)16/h12-13,15-17H,3-11H2,1-2H3. The minimum Gasteiger partial charge on any atom is -0.381 e. The summed E-state index contributed by atoms with van der Waals surface area (Å²) in [6.45, 7) is 7.44. The first-order chi connectivity index (χ1) is 8.13. The Kier molecular flexibility index (Phi) is 14.2. The summed E-state index contributed by atoms with van der Waals surface area (Å²) in [5.41, 5.74) is 0. The second-order valence-corrected chi connectivity index (χ2v) is 9.64. The van der Waals surface area contributed by atoms with Gasteiger partial charge in [-0.25, -0.2) is 0 Å². The van der Waals surface area contributed by atoms with Gasteiger partial charge in [-0.1, -0.05) is 13.8 Å². The molecular weight excluding hydrogens is 270 g/mol. The van der Waals surface area contributed by atoms with Crippen molar-refractivity contribution in [3.63, 3.8) is 0 Å². The monoisotopic (exact) mass is 299 g/mol. The normalized spacial score (nSPS) is 12.2. The largest absolute Gasteiger partial charge is 0.381 e. The van der Waals surface area contributed by atoms with Crippen molar-refractivity contribution in [2.24, 2.45) is 5.92 Å². The Labute approximate surface area is 120 Å². The molecule has 0 aromatic heterocycles. The van der Waals surface area contributed by atoms with Gasteiger partial charge in [-0.3, -0.25) is 0 Å². The first kappa shape index (κ1) is 18.0. The summed E-state index contributed by atoms with van der Waals surface area (Å²) in [4.78, 5) is 0. The molecule has 0 amide bonds. The van der Waals surface area contributed by atoms with Gasteiger partial charge in [0.15, 0.2) is 0 Å². The lowest BCUT2D eigenvalue weighted by Crippen LogP contribution is -2.14. The van der Waals surface area contributed by atoms with E-state index in [4.69, 9.17) is 4.74 Å². The second-order valence-electron chi connectivity index (χ2n) is 4.74. The van der Waals surface area contributed by atoms with Gasteiger partial charge in [-0.05, 0) is 44.6 Å². The van der Waals surface area contributed by atoms with Gasteiger partial charge < -0.3 is 10.1 Å². The Morgan fingerprint density at radius 3 is 2.41 bits per heavy atom. The predicted molar refractivity (Wildman–Crippen MR) is 88.6 cm³/mol. The summed E-state index contributed by atoms with van der Waals surface area (Å²) in [6.07, 6.45) is 6.13. The number of nitrogens with one attached hydrogen (secondary N) is 1. The van der Waals surface area contributed by atoms with Gasteiger partial charge in [0.2, 0.25) is 0 Å². The highest BCUT2D eigenvalue weighted by Gasteiger charge is 1.95. The molecule has 0 atom stereocenters. The van der Waals surface area contributed by atoms with Crippen molar-refractivity contribution < 1.29 is 4.74 Å². The molecule has 0 fully saturated rings. The third-order valence-electron chi connectivity index (χ3n) is 2.47. The highest BCUT2D eigenvalue weighted by Crippen LogP contribution is 2.32. The fraction of sp³-hybridized carbons (Fsp3) is 1.00. The van der Waals surface area contributed by atoms with E-state index in [1.165, 1.54) is 32.1 Å². The minimum atomic E-state index is -0.387. The molecular formula is C12H29NOS3. The van der Waals surface area contributed by atoms with Crippen LogP contribution in [-0.2, 0) is 4.74 Å². The number of ether oxygens (including phenoxy) is 1. The van der Waals surface area contributed by atoms with Crippen LogP contribution in [0.1, 0.15) is 46.0 Å². The molecule has 0 saturated carbocycles. The van der Waals surface area contributed by atoms with Crippen LogP contribution in [0.3, 0.4) is 0 Å². The molecule has 0 aliphatic heterocycles. The lowest BCUT2D eigenvalue weighted by molar-refractivity contribution is 0.124. The third kappa shape index (κ3) is 17.0. The molecule has 0 aromatic rings. The summed E-state index contributed by atoms with van der Waals surface area (Å²) in [6, 6.07) is 0. The summed E-state index contributed by atoms with van der Waals surface area (Å²) >= 11 is 8.50. The zero-order chi connectivity index (χ0) is 12.9. The molecule has 1 N–H and O–H groups in total. The smallest absolute Gasteiger partial charge is 0.0466 e. The highest BCUT2D eigenvalue weighted by atomic mass is 33.5. The fourth-order valence-electron chi connectivity index (χ4n) is 1.51. The van der Waals surface area contributed by atoms with Crippen LogP contribution < -0.4 is 5.32 Å². The van der Waals surface area contributed by atoms with Gasteiger partial charge in [0, 0.05) is 19.1 Å². The number of hydrogen-bond donors (Lipinski definition) is 4. The van der Waals surface area contributed by atoms with Crippen LogP contribution in [0.4, 0.5) is 0 Å². The molecule has 0 bridgehead atoms. The van der Waals surface area contributed by atoms with E-state index in [1.807, 2.05) is 0 Å². The number of thiol groups is 3. The van der Waals surface area contributed by atoms with Gasteiger partial charge in [0.1, 0.15) is 0 Å². The topological polar surface area (TPSA) is 21.3 Å². The summed E-state index contributed by atoms with van der Waals surface area (Å²) in [7, 11) is -0.387. The van der Waals surface area contributed by atoms with Gasteiger partial charge in [0.05, 0.1) is 0 Å². The van der Waals surface area contributed by atoms with E-state index in [-0.39, 0.29) is 8.96 Å². The second kappa shape index (κ2) is 13.4. The molecule has 5 heteroatoms. The first-order valence-electron chi connectivity index (χ1n) is 6.56. The first-order valence-corrected chi connectivity index (χ1v) is 10.4. The van der Waals surface area contributed by atoms with Crippen LogP contribution in [0.2, 0.25) is 0 Å². The quantitative estimate of drug-likeness (QED) is 0.250. The molecule has 0 radical (unpaired) electrons. The molecule has 2 nitrogen and oxygen atoms in total. The van der Waals surface area contributed by atoms with Crippen molar-refractivity contribution in [2.45, 2.75) is 46.0 Å². The Balaban J connectivity index is 2.94. The zero-order valence-corrected chi connectivity index (χ0v) is 13.9. The van der Waals surface area contributed by atoms with Gasteiger partial charge in [-0.15, -0.1) is 32.3 Å². The summed E-state index contributed by atoms with van der Waals surface area (Å²) < 4.78 is 5.59. The van der Waals surface area contributed by atoms with Gasteiger partial charge in [0.25, 0.3) is 0 Å². The maximum absolute atomic E-state index is 5.59. The summed E-state index contributed by atoms with van der Waals surface area (Å²) in [5.74, 6) is 1.74. The molecule has 0 rings (SSSR count). The van der Waals surface area contributed by atoms with Crippen molar-refractivity contribution in [1.29, 1.82) is 0 Å². The Hall–Kier alpha value is 0.970. The maximum Gasteiger partial charge on any atom is 0.0466 e. The Morgan fingerprint density at radius 2 is 1.76 bits per heavy atom. The molecule has 106 valence electrons. The molecule has 0 aliphatic rings. The van der Waals surface area contributed by atoms with Crippen LogP contribution in [0.5, 0.6) is 0 Å². The van der Waals surface area contributed by atoms with Crippen LogP contribution in [0.25, 0.3) is 0 Å². The maximum atomic E-state index is 5.59. The number of unbranched alkanes of at least 4 members (excludes halogenated alkanes) is 2. The van der Waals surface area contributed by atoms with E-state index < -0.39 is 0 Å². The van der Waals surface area contributed by atoms with Crippen LogP contribution >= 0.6 is 32.3 Å². The minimum absolute atomic E-state index is 0.387. The van der Waals surface area contributed by atoms with E-state index in [0.717, 1.165) is 31.6 Å². The average molecular weight is 300 g/mol. The van der Waals surface area contributed by atoms with Crippen LogP contribution in [0.15, 0.2) is 0 Å². The van der Waals surface area contributed by atoms with Crippen molar-refractivity contribution in [1.82, 2.24) is 5.32 Å². The van der Waals surface area contributed by atoms with E-state index in [2.05, 4.69) is 42.5 Å². The van der Waals surface area contributed by atoms with Crippen molar-refractivity contribution in [3.8, 4) is 0 Å². The molecule has 0 aliphatic carbocycles. The zero-order valence-electron chi connectivity index (χ0n) is 11.2. The number of hydrogen-bond acceptors (Lipinski definition) is 4. The number of rotatable bonds is 12. The van der Waals surface area contributed by atoms with Crippen molar-refractivity contribution >= 4 is 32.3 Å². The third-order valence-corrected chi connectivity index (χ3v) is 3.82. The molecule has 0 saturated heterocycles.